The Hall–Kier alpha value is -1.75. The van der Waals surface area contributed by atoms with Crippen LogP contribution in [0.25, 0.3) is 0 Å². The lowest BCUT2D eigenvalue weighted by Crippen LogP contribution is -2.21. The first-order valence-corrected chi connectivity index (χ1v) is 5.36. The summed E-state index contributed by atoms with van der Waals surface area (Å²) < 4.78 is 0. The van der Waals surface area contributed by atoms with Crippen LogP contribution in [0.1, 0.15) is 30.8 Å². The quantitative estimate of drug-likeness (QED) is 0.795. The van der Waals surface area contributed by atoms with E-state index in [0.29, 0.717) is 0 Å². The van der Waals surface area contributed by atoms with Gasteiger partial charge in [-0.15, -0.1) is 0 Å². The van der Waals surface area contributed by atoms with Gasteiger partial charge in [0.1, 0.15) is 12.2 Å². The Morgan fingerprint density at radius 2 is 2.19 bits per heavy atom. The summed E-state index contributed by atoms with van der Waals surface area (Å²) in [7, 11) is 0. The molecule has 0 spiro atoms. The molecule has 0 bridgehead atoms. The van der Waals surface area contributed by atoms with Crippen molar-refractivity contribution in [3.63, 3.8) is 0 Å². The lowest BCUT2D eigenvalue weighted by atomic mass is 10.2. The van der Waals surface area contributed by atoms with E-state index in [1.165, 1.54) is 6.33 Å². The molecule has 0 aliphatic rings. The molecule has 0 saturated carbocycles. The van der Waals surface area contributed by atoms with E-state index in [9.17, 15) is 0 Å². The van der Waals surface area contributed by atoms with Gasteiger partial charge in [-0.3, -0.25) is 0 Å². The van der Waals surface area contributed by atoms with E-state index in [4.69, 9.17) is 0 Å². The first-order valence-electron chi connectivity index (χ1n) is 5.36. The third-order valence-corrected chi connectivity index (χ3v) is 2.42. The highest BCUT2D eigenvalue weighted by Crippen LogP contribution is 2.11. The average molecular weight is 217 g/mol. The summed E-state index contributed by atoms with van der Waals surface area (Å²) in [6, 6.07) is 0.246. The van der Waals surface area contributed by atoms with E-state index in [1.54, 1.807) is 6.20 Å². The maximum Gasteiger partial charge on any atom is 0.123 e. The minimum Gasteiger partial charge on any atom is -0.347 e. The largest absolute Gasteiger partial charge is 0.347 e. The Balaban J connectivity index is 1.94. The maximum absolute atomic E-state index is 4.25. The van der Waals surface area contributed by atoms with Crippen molar-refractivity contribution < 1.29 is 0 Å². The molecular formula is C11H15N5. The SMILES string of the molecule is CCC(NCc1cncnc1)c1ncc[nH]1. The molecule has 84 valence electrons. The molecule has 0 amide bonds. The molecule has 2 aromatic heterocycles. The van der Waals surface area contributed by atoms with Gasteiger partial charge in [0.2, 0.25) is 0 Å². The zero-order valence-electron chi connectivity index (χ0n) is 9.22. The lowest BCUT2D eigenvalue weighted by Gasteiger charge is -2.14. The number of nitrogens with one attached hydrogen (secondary N) is 2. The van der Waals surface area contributed by atoms with Gasteiger partial charge in [-0.2, -0.15) is 0 Å². The van der Waals surface area contributed by atoms with Crippen LogP contribution in [-0.4, -0.2) is 19.9 Å². The number of rotatable bonds is 5. The molecule has 5 nitrogen and oxygen atoms in total. The van der Waals surface area contributed by atoms with E-state index in [0.717, 1.165) is 24.4 Å². The Bertz CT molecular complexity index is 398. The summed E-state index contributed by atoms with van der Waals surface area (Å²) in [4.78, 5) is 15.3. The highest BCUT2D eigenvalue weighted by atomic mass is 15.0. The molecule has 1 unspecified atom stereocenters. The van der Waals surface area contributed by atoms with Gasteiger partial charge in [0.05, 0.1) is 6.04 Å². The minimum atomic E-state index is 0.246. The van der Waals surface area contributed by atoms with Crippen molar-refractivity contribution in [1.29, 1.82) is 0 Å². The Morgan fingerprint density at radius 1 is 1.38 bits per heavy atom. The van der Waals surface area contributed by atoms with Crippen molar-refractivity contribution >= 4 is 0 Å². The van der Waals surface area contributed by atoms with Crippen LogP contribution in [0.4, 0.5) is 0 Å². The zero-order chi connectivity index (χ0) is 11.2. The molecule has 0 aliphatic heterocycles. The van der Waals surface area contributed by atoms with Gasteiger partial charge in [0.25, 0.3) is 0 Å². The number of hydrogen-bond donors (Lipinski definition) is 2. The summed E-state index contributed by atoms with van der Waals surface area (Å²) in [6.45, 7) is 2.88. The van der Waals surface area contributed by atoms with E-state index < -0.39 is 0 Å². The molecule has 0 fully saturated rings. The Morgan fingerprint density at radius 3 is 2.81 bits per heavy atom. The van der Waals surface area contributed by atoms with Gasteiger partial charge in [-0.05, 0) is 6.42 Å². The number of imidazole rings is 1. The average Bonchev–Trinajstić information content (AvgIpc) is 2.85. The second-order valence-corrected chi connectivity index (χ2v) is 3.56. The van der Waals surface area contributed by atoms with Crippen LogP contribution < -0.4 is 5.32 Å². The van der Waals surface area contributed by atoms with Crippen molar-refractivity contribution in [2.45, 2.75) is 25.9 Å². The molecule has 0 aliphatic carbocycles. The fraction of sp³-hybridized carbons (Fsp3) is 0.364. The van der Waals surface area contributed by atoms with Crippen molar-refractivity contribution in [2.24, 2.45) is 0 Å². The third-order valence-electron chi connectivity index (χ3n) is 2.42. The van der Waals surface area contributed by atoms with Crippen molar-refractivity contribution in [3.05, 3.63) is 42.5 Å². The minimum absolute atomic E-state index is 0.246. The predicted molar refractivity (Wildman–Crippen MR) is 60.5 cm³/mol. The topological polar surface area (TPSA) is 66.5 Å². The van der Waals surface area contributed by atoms with Crippen LogP contribution in [0.3, 0.4) is 0 Å². The number of aromatic nitrogens is 4. The maximum atomic E-state index is 4.25. The van der Waals surface area contributed by atoms with Gasteiger partial charge in [0, 0.05) is 36.9 Å². The van der Waals surface area contributed by atoms with Crippen LogP contribution in [-0.2, 0) is 6.54 Å². The Labute approximate surface area is 94.4 Å². The summed E-state index contributed by atoms with van der Waals surface area (Å²) in [5.41, 5.74) is 1.08. The van der Waals surface area contributed by atoms with Crippen molar-refractivity contribution in [3.8, 4) is 0 Å². The van der Waals surface area contributed by atoms with Gasteiger partial charge in [-0.25, -0.2) is 15.0 Å². The summed E-state index contributed by atoms with van der Waals surface area (Å²) in [6.07, 6.45) is 9.76. The molecule has 16 heavy (non-hydrogen) atoms. The molecule has 0 aromatic carbocycles. The number of nitrogens with zero attached hydrogens (tertiary/aromatic N) is 3. The third kappa shape index (κ3) is 2.64. The first kappa shape index (κ1) is 10.8. The highest BCUT2D eigenvalue weighted by molar-refractivity contribution is 5.03. The predicted octanol–water partition coefficient (Wildman–Crippen LogP) is 1.44. The van der Waals surface area contributed by atoms with Crippen molar-refractivity contribution in [2.75, 3.05) is 0 Å². The molecule has 2 aromatic rings. The number of hydrogen-bond acceptors (Lipinski definition) is 4. The smallest absolute Gasteiger partial charge is 0.123 e. The first-order chi connectivity index (χ1) is 7.90. The Kier molecular flexibility index (Phi) is 3.61. The fourth-order valence-corrected chi connectivity index (χ4v) is 1.56. The standard InChI is InChI=1S/C11H15N5/c1-2-10(11-14-3-4-15-11)16-7-9-5-12-8-13-6-9/h3-6,8,10,16H,2,7H2,1H3,(H,14,15). The van der Waals surface area contributed by atoms with E-state index in [-0.39, 0.29) is 6.04 Å². The summed E-state index contributed by atoms with van der Waals surface area (Å²) in [5.74, 6) is 0.972. The van der Waals surface area contributed by atoms with E-state index in [2.05, 4.69) is 32.2 Å². The van der Waals surface area contributed by atoms with Crippen LogP contribution in [0.5, 0.6) is 0 Å². The number of H-pyrrole nitrogens is 1. The number of aromatic amines is 1. The fourth-order valence-electron chi connectivity index (χ4n) is 1.56. The van der Waals surface area contributed by atoms with Crippen LogP contribution >= 0.6 is 0 Å². The molecule has 0 saturated heterocycles. The summed E-state index contributed by atoms with van der Waals surface area (Å²) in [5, 5.41) is 3.41. The van der Waals surface area contributed by atoms with Crippen LogP contribution in [0, 0.1) is 0 Å². The lowest BCUT2D eigenvalue weighted by molar-refractivity contribution is 0.497. The molecule has 0 radical (unpaired) electrons. The van der Waals surface area contributed by atoms with Crippen LogP contribution in [0.15, 0.2) is 31.1 Å². The highest BCUT2D eigenvalue weighted by Gasteiger charge is 2.10. The van der Waals surface area contributed by atoms with Gasteiger partial charge < -0.3 is 10.3 Å². The normalized spacial score (nSPS) is 12.6. The molecule has 5 heteroatoms. The molecular weight excluding hydrogens is 202 g/mol. The van der Waals surface area contributed by atoms with Crippen molar-refractivity contribution in [1.82, 2.24) is 25.3 Å². The zero-order valence-corrected chi connectivity index (χ0v) is 9.22. The van der Waals surface area contributed by atoms with Crippen LogP contribution in [0.2, 0.25) is 0 Å². The summed E-state index contributed by atoms with van der Waals surface area (Å²) >= 11 is 0. The molecule has 2 rings (SSSR count). The second kappa shape index (κ2) is 5.37. The molecule has 1 atom stereocenters. The van der Waals surface area contributed by atoms with Gasteiger partial charge in [-0.1, -0.05) is 6.92 Å². The van der Waals surface area contributed by atoms with Gasteiger partial charge >= 0.3 is 0 Å². The van der Waals surface area contributed by atoms with E-state index in [1.807, 2.05) is 18.6 Å². The second-order valence-electron chi connectivity index (χ2n) is 3.56. The monoisotopic (exact) mass is 217 g/mol. The molecule has 2 heterocycles. The molecule has 2 N–H and O–H groups in total. The van der Waals surface area contributed by atoms with Gasteiger partial charge in [0.15, 0.2) is 0 Å². The van der Waals surface area contributed by atoms with E-state index >= 15 is 0 Å².